The van der Waals surface area contributed by atoms with Gasteiger partial charge in [-0.3, -0.25) is 15.1 Å². The molecule has 2 aromatic heterocycles. The third-order valence-corrected chi connectivity index (χ3v) is 9.14. The molecular weight excluding hydrogens is 563 g/mol. The molecule has 2 atom stereocenters. The third kappa shape index (κ3) is 5.06. The van der Waals surface area contributed by atoms with E-state index in [1.54, 1.807) is 23.9 Å². The molecule has 6 rings (SSSR count). The van der Waals surface area contributed by atoms with Crippen LogP contribution in [0.25, 0.3) is 5.69 Å². The number of thiocarbonyl (C=S) groups is 1. The molecule has 1 N–H and O–H groups in total. The molecule has 0 saturated carbocycles. The topological polar surface area (TPSA) is 76.2 Å². The molecule has 7 nitrogen and oxygen atoms in total. The van der Waals surface area contributed by atoms with Gasteiger partial charge in [0, 0.05) is 56.4 Å². The average molecular weight is 592 g/mol. The lowest BCUT2D eigenvalue weighted by Crippen LogP contribution is -2.29. The van der Waals surface area contributed by atoms with Gasteiger partial charge in [-0.25, -0.2) is 0 Å². The second kappa shape index (κ2) is 11.4. The van der Waals surface area contributed by atoms with Gasteiger partial charge in [-0.1, -0.05) is 36.0 Å². The first-order chi connectivity index (χ1) is 20.3. The average Bonchev–Trinajstić information content (AvgIpc) is 3.45. The molecule has 0 spiro atoms. The van der Waals surface area contributed by atoms with Crippen molar-refractivity contribution in [2.45, 2.75) is 42.6 Å². The lowest BCUT2D eigenvalue weighted by Gasteiger charge is -2.29. The van der Waals surface area contributed by atoms with Crippen LogP contribution in [0.2, 0.25) is 0 Å². The summed E-state index contributed by atoms with van der Waals surface area (Å²) in [5.74, 6) is 0. The predicted molar refractivity (Wildman–Crippen MR) is 172 cm³/mol. The van der Waals surface area contributed by atoms with Gasteiger partial charge in [-0.2, -0.15) is 0 Å². The summed E-state index contributed by atoms with van der Waals surface area (Å²) in [6, 6.07) is 31.1. The van der Waals surface area contributed by atoms with Gasteiger partial charge in [0.15, 0.2) is 5.11 Å². The van der Waals surface area contributed by atoms with E-state index in [0.29, 0.717) is 5.11 Å². The summed E-state index contributed by atoms with van der Waals surface area (Å²) < 4.78 is 2.32. The van der Waals surface area contributed by atoms with Gasteiger partial charge >= 0.3 is 0 Å². The number of nitrogens with one attached hydrogen (secondary N) is 1. The number of nitro groups is 1. The van der Waals surface area contributed by atoms with Crippen LogP contribution in [0.3, 0.4) is 0 Å². The van der Waals surface area contributed by atoms with Crippen LogP contribution in [0.1, 0.15) is 40.3 Å². The molecule has 1 aliphatic rings. The molecule has 0 amide bonds. The van der Waals surface area contributed by atoms with Crippen molar-refractivity contribution in [2.75, 3.05) is 4.90 Å². The molecule has 210 valence electrons. The zero-order valence-electron chi connectivity index (χ0n) is 23.4. The number of nitro benzene ring substituents is 1. The van der Waals surface area contributed by atoms with Crippen molar-refractivity contribution in [1.29, 1.82) is 0 Å². The second-order valence-corrected chi connectivity index (χ2v) is 11.8. The second-order valence-electron chi connectivity index (χ2n) is 10.2. The molecular formula is C33H29N5O2S2. The van der Waals surface area contributed by atoms with E-state index in [1.807, 2.05) is 30.5 Å². The maximum Gasteiger partial charge on any atom is 0.269 e. The Morgan fingerprint density at radius 3 is 2.10 bits per heavy atom. The van der Waals surface area contributed by atoms with Crippen LogP contribution in [-0.2, 0) is 0 Å². The number of rotatable bonds is 7. The van der Waals surface area contributed by atoms with E-state index in [0.717, 1.165) is 26.9 Å². The predicted octanol–water partition coefficient (Wildman–Crippen LogP) is 8.03. The quantitative estimate of drug-likeness (QED) is 0.117. The molecule has 0 unspecified atom stereocenters. The molecule has 0 bridgehead atoms. The van der Waals surface area contributed by atoms with E-state index in [-0.39, 0.29) is 22.7 Å². The maximum absolute atomic E-state index is 11.0. The Bertz CT molecular complexity index is 1750. The largest absolute Gasteiger partial charge is 0.351 e. The standard InChI is InChI=1S/C33H29N5O2S2/c1-21-22(2)36(24-9-5-4-6-10-24)23(3)30(21)32-31(29-11-7-8-20-34-29)35-33(41)37(32)25-12-16-27(17-13-25)42-28-18-14-26(15-19-28)38(39)40/h4-20,31-32H,1-3H3,(H,35,41)/t31-,32-/m1/s1. The molecule has 1 fully saturated rings. The number of pyridine rings is 1. The van der Waals surface area contributed by atoms with E-state index < -0.39 is 0 Å². The minimum atomic E-state index is -0.385. The molecule has 3 heterocycles. The van der Waals surface area contributed by atoms with Gasteiger partial charge in [0.2, 0.25) is 0 Å². The minimum absolute atomic E-state index is 0.0835. The highest BCUT2D eigenvalue weighted by atomic mass is 32.2. The third-order valence-electron chi connectivity index (χ3n) is 7.81. The highest BCUT2D eigenvalue weighted by molar-refractivity contribution is 7.99. The van der Waals surface area contributed by atoms with E-state index in [1.165, 1.54) is 34.6 Å². The number of para-hydroxylation sites is 1. The molecule has 0 radical (unpaired) electrons. The fourth-order valence-electron chi connectivity index (χ4n) is 5.78. The van der Waals surface area contributed by atoms with Crippen LogP contribution >= 0.6 is 24.0 Å². The van der Waals surface area contributed by atoms with Gasteiger partial charge in [-0.15, -0.1) is 0 Å². The summed E-state index contributed by atoms with van der Waals surface area (Å²) in [7, 11) is 0. The minimum Gasteiger partial charge on any atom is -0.351 e. The Kier molecular flexibility index (Phi) is 7.53. The summed E-state index contributed by atoms with van der Waals surface area (Å²) in [5, 5.41) is 15.2. The van der Waals surface area contributed by atoms with Crippen LogP contribution in [0.15, 0.2) is 113 Å². The number of nitrogens with zero attached hydrogens (tertiary/aromatic N) is 4. The zero-order chi connectivity index (χ0) is 29.4. The Balaban J connectivity index is 1.40. The molecule has 0 aliphatic carbocycles. The summed E-state index contributed by atoms with van der Waals surface area (Å²) in [5.41, 5.74) is 7.94. The molecule has 1 saturated heterocycles. The lowest BCUT2D eigenvalue weighted by atomic mass is 9.93. The van der Waals surface area contributed by atoms with Crippen molar-refractivity contribution in [1.82, 2.24) is 14.9 Å². The van der Waals surface area contributed by atoms with Gasteiger partial charge in [0.25, 0.3) is 5.69 Å². The van der Waals surface area contributed by atoms with E-state index in [4.69, 9.17) is 17.2 Å². The summed E-state index contributed by atoms with van der Waals surface area (Å²) in [4.78, 5) is 19.5. The van der Waals surface area contributed by atoms with Crippen LogP contribution in [0.4, 0.5) is 11.4 Å². The van der Waals surface area contributed by atoms with E-state index in [9.17, 15) is 10.1 Å². The number of anilines is 1. The Morgan fingerprint density at radius 2 is 1.48 bits per heavy atom. The molecule has 42 heavy (non-hydrogen) atoms. The normalized spacial score (nSPS) is 16.5. The number of benzene rings is 3. The molecule has 1 aliphatic heterocycles. The first kappa shape index (κ1) is 27.7. The Morgan fingerprint density at radius 1 is 0.833 bits per heavy atom. The van der Waals surface area contributed by atoms with Crippen molar-refractivity contribution < 1.29 is 4.92 Å². The Labute approximate surface area is 254 Å². The lowest BCUT2D eigenvalue weighted by molar-refractivity contribution is -0.384. The molecule has 3 aromatic carbocycles. The first-order valence-corrected chi connectivity index (χ1v) is 14.8. The fourth-order valence-corrected chi connectivity index (χ4v) is 6.94. The number of non-ortho nitro benzene ring substituents is 1. The highest BCUT2D eigenvalue weighted by Gasteiger charge is 2.43. The Hall–Kier alpha value is -4.47. The number of hydrogen-bond donors (Lipinski definition) is 1. The van der Waals surface area contributed by atoms with Gasteiger partial charge in [0.05, 0.1) is 22.7 Å². The van der Waals surface area contributed by atoms with Crippen molar-refractivity contribution >= 4 is 40.5 Å². The van der Waals surface area contributed by atoms with Crippen LogP contribution in [-0.4, -0.2) is 19.6 Å². The first-order valence-electron chi connectivity index (χ1n) is 13.6. The summed E-state index contributed by atoms with van der Waals surface area (Å²) in [6.45, 7) is 6.54. The van der Waals surface area contributed by atoms with Gasteiger partial charge in [-0.05, 0) is 99.2 Å². The summed E-state index contributed by atoms with van der Waals surface area (Å²) in [6.07, 6.45) is 1.82. The number of hydrogen-bond acceptors (Lipinski definition) is 5. The highest BCUT2D eigenvalue weighted by Crippen LogP contribution is 2.45. The van der Waals surface area contributed by atoms with Crippen molar-refractivity contribution in [3.8, 4) is 5.69 Å². The van der Waals surface area contributed by atoms with Crippen molar-refractivity contribution in [3.63, 3.8) is 0 Å². The SMILES string of the molecule is Cc1c([C@@H]2[C@@H](c3ccccn3)NC(=S)N2c2ccc(Sc3ccc([N+](=O)[O-])cc3)cc2)c(C)n(-c2ccccc2)c1C. The van der Waals surface area contributed by atoms with Crippen LogP contribution in [0.5, 0.6) is 0 Å². The molecule has 9 heteroatoms. The smallest absolute Gasteiger partial charge is 0.269 e. The summed E-state index contributed by atoms with van der Waals surface area (Å²) >= 11 is 7.55. The van der Waals surface area contributed by atoms with E-state index in [2.05, 4.69) is 84.1 Å². The van der Waals surface area contributed by atoms with Crippen LogP contribution in [0, 0.1) is 30.9 Å². The van der Waals surface area contributed by atoms with Gasteiger partial charge < -0.3 is 14.8 Å². The molecule has 5 aromatic rings. The number of aromatic nitrogens is 2. The maximum atomic E-state index is 11.0. The van der Waals surface area contributed by atoms with E-state index >= 15 is 0 Å². The van der Waals surface area contributed by atoms with Crippen molar-refractivity contribution in [3.05, 3.63) is 142 Å². The fraction of sp³-hybridized carbons (Fsp3) is 0.152. The zero-order valence-corrected chi connectivity index (χ0v) is 25.0. The van der Waals surface area contributed by atoms with Gasteiger partial charge in [0.1, 0.15) is 0 Å². The monoisotopic (exact) mass is 591 g/mol. The van der Waals surface area contributed by atoms with Crippen LogP contribution < -0.4 is 10.2 Å². The van der Waals surface area contributed by atoms with Crippen molar-refractivity contribution in [2.24, 2.45) is 0 Å².